The summed E-state index contributed by atoms with van der Waals surface area (Å²) in [5.41, 5.74) is 8.16. The van der Waals surface area contributed by atoms with E-state index >= 15 is 0 Å². The van der Waals surface area contributed by atoms with Gasteiger partial charge in [-0.25, -0.2) is 0 Å². The van der Waals surface area contributed by atoms with Crippen LogP contribution in [0.2, 0.25) is 0 Å². The molecule has 2 N–H and O–H groups in total. The van der Waals surface area contributed by atoms with Gasteiger partial charge in [-0.3, -0.25) is 4.79 Å². The molecule has 0 bridgehead atoms. The van der Waals surface area contributed by atoms with Crippen LogP contribution in [0.25, 0.3) is 5.65 Å². The number of anilines is 1. The van der Waals surface area contributed by atoms with Crippen molar-refractivity contribution in [2.75, 3.05) is 12.8 Å². The minimum absolute atomic E-state index is 0.0336. The molecule has 0 aliphatic carbocycles. The number of benzene rings is 1. The minimum atomic E-state index is -0.114. The lowest BCUT2D eigenvalue weighted by atomic mass is 9.85. The highest BCUT2D eigenvalue weighted by Crippen LogP contribution is 2.28. The highest BCUT2D eigenvalue weighted by Gasteiger charge is 2.24. The Morgan fingerprint density at radius 2 is 1.90 bits per heavy atom. The maximum absolute atomic E-state index is 13.1. The standard InChI is InChI=1S/C23H32N5O3/c1-7-17(8-2)31-20-9-10-21-27(26-22(24)28(21)25-20)14-19(29)15-11-16(23(3,4)5)13-18(12-15)30-6/h9-13,17H,7-8,14H2,1-6H3,(H2,24,26)/q+1. The molecule has 1 aromatic carbocycles. The third kappa shape index (κ3) is 4.95. The molecule has 31 heavy (non-hydrogen) atoms. The van der Waals surface area contributed by atoms with E-state index in [4.69, 9.17) is 15.2 Å². The maximum Gasteiger partial charge on any atom is 0.355 e. The number of methoxy groups -OCH3 is 1. The molecule has 2 heterocycles. The number of nitrogen functional groups attached to an aromatic ring is 1. The molecule has 0 radical (unpaired) electrons. The summed E-state index contributed by atoms with van der Waals surface area (Å²) in [6.45, 7) is 10.5. The lowest BCUT2D eigenvalue weighted by Crippen LogP contribution is -2.40. The Kier molecular flexibility index (Phi) is 6.48. The van der Waals surface area contributed by atoms with Gasteiger partial charge in [0.05, 0.1) is 7.11 Å². The summed E-state index contributed by atoms with van der Waals surface area (Å²) >= 11 is 0. The van der Waals surface area contributed by atoms with Crippen LogP contribution in [0.4, 0.5) is 5.95 Å². The molecular formula is C23H32N5O3+. The van der Waals surface area contributed by atoms with Gasteiger partial charge in [-0.1, -0.05) is 39.1 Å². The molecule has 3 aromatic rings. The maximum atomic E-state index is 13.1. The van der Waals surface area contributed by atoms with Crippen LogP contribution < -0.4 is 19.9 Å². The predicted octanol–water partition coefficient (Wildman–Crippen LogP) is 3.36. The van der Waals surface area contributed by atoms with Gasteiger partial charge in [-0.2, -0.15) is 0 Å². The van der Waals surface area contributed by atoms with Gasteiger partial charge < -0.3 is 15.2 Å². The fraction of sp³-hybridized carbons (Fsp3) is 0.478. The smallest absolute Gasteiger partial charge is 0.355 e. The SMILES string of the molecule is CCC(CC)Oc1ccc2n(n1)c(N)n[n+]2CC(=O)c1cc(OC)cc(C(C)(C)C)c1. The number of nitrogens with two attached hydrogens (primary N) is 1. The molecule has 0 atom stereocenters. The largest absolute Gasteiger partial charge is 0.497 e. The van der Waals surface area contributed by atoms with E-state index in [1.807, 2.05) is 18.2 Å². The molecule has 8 nitrogen and oxygen atoms in total. The van der Waals surface area contributed by atoms with Gasteiger partial charge in [0.1, 0.15) is 11.9 Å². The van der Waals surface area contributed by atoms with E-state index in [9.17, 15) is 4.79 Å². The van der Waals surface area contributed by atoms with Crippen LogP contribution in [0.15, 0.2) is 30.3 Å². The van der Waals surface area contributed by atoms with Crippen LogP contribution in [-0.4, -0.2) is 33.7 Å². The fourth-order valence-corrected chi connectivity index (χ4v) is 3.32. The second-order valence-corrected chi connectivity index (χ2v) is 8.64. The van der Waals surface area contributed by atoms with Gasteiger partial charge in [-0.15, -0.1) is 4.68 Å². The van der Waals surface area contributed by atoms with Crippen LogP contribution in [0.5, 0.6) is 11.6 Å². The van der Waals surface area contributed by atoms with Gasteiger partial charge in [0.2, 0.25) is 5.78 Å². The zero-order valence-electron chi connectivity index (χ0n) is 19.2. The van der Waals surface area contributed by atoms with Crippen molar-refractivity contribution in [2.24, 2.45) is 0 Å². The van der Waals surface area contributed by atoms with Gasteiger partial charge >= 0.3 is 11.6 Å². The van der Waals surface area contributed by atoms with Gasteiger partial charge in [-0.05, 0) is 52.2 Å². The predicted molar refractivity (Wildman–Crippen MR) is 119 cm³/mol. The highest BCUT2D eigenvalue weighted by atomic mass is 16.5. The quantitative estimate of drug-likeness (QED) is 0.438. The highest BCUT2D eigenvalue weighted by molar-refractivity contribution is 5.95. The van der Waals surface area contributed by atoms with E-state index in [1.165, 1.54) is 4.52 Å². The van der Waals surface area contributed by atoms with Crippen molar-refractivity contribution in [1.29, 1.82) is 0 Å². The van der Waals surface area contributed by atoms with Crippen LogP contribution >= 0.6 is 0 Å². The molecular weight excluding hydrogens is 394 g/mol. The summed E-state index contributed by atoms with van der Waals surface area (Å²) in [5.74, 6) is 1.23. The van der Waals surface area contributed by atoms with Crippen molar-refractivity contribution in [3.63, 3.8) is 0 Å². The third-order valence-corrected chi connectivity index (χ3v) is 5.32. The molecule has 0 unspecified atom stereocenters. The first-order valence-electron chi connectivity index (χ1n) is 10.6. The average molecular weight is 427 g/mol. The summed E-state index contributed by atoms with van der Waals surface area (Å²) in [7, 11) is 1.60. The number of rotatable bonds is 8. The topological polar surface area (TPSA) is 95.6 Å². The fourth-order valence-electron chi connectivity index (χ4n) is 3.32. The zero-order chi connectivity index (χ0) is 22.8. The number of hydrogen-bond donors (Lipinski definition) is 1. The van der Waals surface area contributed by atoms with Crippen molar-refractivity contribution >= 4 is 17.4 Å². The number of ether oxygens (including phenoxy) is 2. The Balaban J connectivity index is 1.91. The van der Waals surface area contributed by atoms with Gasteiger partial charge in [0, 0.05) is 17.7 Å². The van der Waals surface area contributed by atoms with Gasteiger partial charge in [0.15, 0.2) is 6.54 Å². The number of ketones is 1. The zero-order valence-corrected chi connectivity index (χ0v) is 19.2. The van der Waals surface area contributed by atoms with E-state index in [1.54, 1.807) is 23.9 Å². The molecule has 8 heteroatoms. The van der Waals surface area contributed by atoms with Crippen molar-refractivity contribution in [3.05, 3.63) is 41.5 Å². The molecule has 0 fully saturated rings. The number of carbonyl (C=O) groups is 1. The summed E-state index contributed by atoms with van der Waals surface area (Å²) in [6.07, 6.45) is 1.87. The number of carbonyl (C=O) groups excluding carboxylic acids is 1. The van der Waals surface area contributed by atoms with Crippen LogP contribution in [0, 0.1) is 0 Å². The Morgan fingerprint density at radius 3 is 2.52 bits per heavy atom. The molecule has 0 saturated heterocycles. The number of Topliss-reactive ketones (excluding diaryl/α,β-unsaturated/α-hetero) is 1. The molecule has 0 spiro atoms. The van der Waals surface area contributed by atoms with Crippen molar-refractivity contribution in [2.45, 2.75) is 65.5 Å². The average Bonchev–Trinajstić information content (AvgIpc) is 3.05. The normalized spacial score (nSPS) is 11.8. The Labute approximate surface area is 183 Å². The van der Waals surface area contributed by atoms with E-state index in [2.05, 4.69) is 44.8 Å². The van der Waals surface area contributed by atoms with Crippen molar-refractivity contribution < 1.29 is 19.0 Å². The number of nitrogens with zero attached hydrogens (tertiary/aromatic N) is 4. The first kappa shape index (κ1) is 22.5. The molecule has 2 aromatic heterocycles. The Morgan fingerprint density at radius 1 is 1.19 bits per heavy atom. The first-order valence-corrected chi connectivity index (χ1v) is 10.6. The lowest BCUT2D eigenvalue weighted by molar-refractivity contribution is -0.714. The lowest BCUT2D eigenvalue weighted by Gasteiger charge is -2.20. The van der Waals surface area contributed by atoms with Crippen molar-refractivity contribution in [3.8, 4) is 11.6 Å². The Hall–Kier alpha value is -3.16. The van der Waals surface area contributed by atoms with Crippen molar-refractivity contribution in [1.82, 2.24) is 14.7 Å². The molecule has 0 aliphatic heterocycles. The van der Waals surface area contributed by atoms with E-state index in [0.29, 0.717) is 22.8 Å². The minimum Gasteiger partial charge on any atom is -0.497 e. The summed E-state index contributed by atoms with van der Waals surface area (Å²) < 4.78 is 14.4. The van der Waals surface area contributed by atoms with E-state index in [-0.39, 0.29) is 29.8 Å². The molecule has 3 rings (SSSR count). The molecule has 0 amide bonds. The molecule has 166 valence electrons. The summed E-state index contributed by atoms with van der Waals surface area (Å²) in [6, 6.07) is 9.21. The number of aromatic nitrogens is 4. The van der Waals surface area contributed by atoms with Gasteiger partial charge in [0.25, 0.3) is 5.88 Å². The molecule has 0 aliphatic rings. The molecule has 0 saturated carbocycles. The van der Waals surface area contributed by atoms with E-state index < -0.39 is 0 Å². The third-order valence-electron chi connectivity index (χ3n) is 5.32. The Bertz CT molecular complexity index is 1080. The number of hydrogen-bond acceptors (Lipinski definition) is 6. The second-order valence-electron chi connectivity index (χ2n) is 8.64. The summed E-state index contributed by atoms with van der Waals surface area (Å²) in [4.78, 5) is 13.1. The first-order chi connectivity index (χ1) is 14.7. The summed E-state index contributed by atoms with van der Waals surface area (Å²) in [5, 5.41) is 8.76. The van der Waals surface area contributed by atoms with Crippen LogP contribution in [0.3, 0.4) is 0 Å². The van der Waals surface area contributed by atoms with E-state index in [0.717, 1.165) is 18.4 Å². The monoisotopic (exact) mass is 426 g/mol. The van der Waals surface area contributed by atoms with Crippen LogP contribution in [-0.2, 0) is 12.0 Å². The van der Waals surface area contributed by atoms with Crippen LogP contribution in [0.1, 0.15) is 63.4 Å². The number of fused-ring (bicyclic) bond motifs is 1. The second kappa shape index (κ2) is 8.91.